The van der Waals surface area contributed by atoms with Crippen molar-refractivity contribution < 1.29 is 9.53 Å². The lowest BCUT2D eigenvalue weighted by molar-refractivity contribution is 0.0784. The summed E-state index contributed by atoms with van der Waals surface area (Å²) in [7, 11) is 3.37. The topological polar surface area (TPSA) is 29.5 Å². The number of benzene rings is 2. The zero-order chi connectivity index (χ0) is 15.4. The summed E-state index contributed by atoms with van der Waals surface area (Å²) >= 11 is 9.36. The van der Waals surface area contributed by atoms with Gasteiger partial charge in [0.1, 0.15) is 5.75 Å². The monoisotopic (exact) mass is 367 g/mol. The van der Waals surface area contributed by atoms with E-state index in [1.54, 1.807) is 43.3 Å². The Morgan fingerprint density at radius 3 is 2.71 bits per heavy atom. The molecule has 0 bridgehead atoms. The van der Waals surface area contributed by atoms with Gasteiger partial charge in [-0.25, -0.2) is 0 Å². The molecule has 0 heterocycles. The molecule has 0 N–H and O–H groups in total. The molecule has 2 rings (SSSR count). The largest absolute Gasteiger partial charge is 0.496 e. The van der Waals surface area contributed by atoms with Gasteiger partial charge in [-0.2, -0.15) is 0 Å². The second-order valence-corrected chi connectivity index (χ2v) is 5.98. The van der Waals surface area contributed by atoms with Gasteiger partial charge in [0.05, 0.1) is 7.11 Å². The lowest BCUT2D eigenvalue weighted by atomic mass is 10.1. The summed E-state index contributed by atoms with van der Waals surface area (Å²) in [6.07, 6.45) is 0. The first kappa shape index (κ1) is 15.9. The predicted octanol–water partition coefficient (Wildman–Crippen LogP) is 4.38. The number of rotatable bonds is 4. The van der Waals surface area contributed by atoms with Gasteiger partial charge in [-0.15, -0.1) is 0 Å². The third-order valence-electron chi connectivity index (χ3n) is 3.07. The Labute approximate surface area is 137 Å². The van der Waals surface area contributed by atoms with E-state index < -0.39 is 0 Å². The van der Waals surface area contributed by atoms with Gasteiger partial charge in [-0.05, 0) is 36.4 Å². The molecule has 0 aromatic heterocycles. The van der Waals surface area contributed by atoms with E-state index in [2.05, 4.69) is 15.9 Å². The number of methoxy groups -OCH3 is 1. The molecular formula is C16H15BrClNO2. The van der Waals surface area contributed by atoms with Crippen molar-refractivity contribution in [2.75, 3.05) is 14.2 Å². The van der Waals surface area contributed by atoms with Crippen molar-refractivity contribution in [2.24, 2.45) is 0 Å². The third kappa shape index (κ3) is 3.99. The molecule has 0 aliphatic carbocycles. The Balaban J connectivity index is 2.19. The van der Waals surface area contributed by atoms with Crippen LogP contribution in [-0.2, 0) is 6.54 Å². The highest BCUT2D eigenvalue weighted by molar-refractivity contribution is 9.10. The van der Waals surface area contributed by atoms with E-state index in [0.717, 1.165) is 15.8 Å². The Kier molecular flexibility index (Phi) is 5.26. The van der Waals surface area contributed by atoms with Gasteiger partial charge in [0, 0.05) is 34.2 Å². The number of ether oxygens (including phenoxy) is 1. The van der Waals surface area contributed by atoms with Crippen molar-refractivity contribution in [3.63, 3.8) is 0 Å². The van der Waals surface area contributed by atoms with E-state index in [1.165, 1.54) is 0 Å². The van der Waals surface area contributed by atoms with E-state index >= 15 is 0 Å². The van der Waals surface area contributed by atoms with Gasteiger partial charge in [-0.1, -0.05) is 33.6 Å². The first-order valence-corrected chi connectivity index (χ1v) is 7.52. The number of halogens is 2. The van der Waals surface area contributed by atoms with E-state index in [1.807, 2.05) is 18.2 Å². The van der Waals surface area contributed by atoms with Crippen LogP contribution in [-0.4, -0.2) is 25.0 Å². The summed E-state index contributed by atoms with van der Waals surface area (Å²) in [5, 5.41) is 0.550. The number of nitrogens with zero attached hydrogens (tertiary/aromatic N) is 1. The van der Waals surface area contributed by atoms with E-state index in [-0.39, 0.29) is 5.91 Å². The summed E-state index contributed by atoms with van der Waals surface area (Å²) in [5.74, 6) is 0.670. The highest BCUT2D eigenvalue weighted by atomic mass is 79.9. The number of hydrogen-bond acceptors (Lipinski definition) is 2. The van der Waals surface area contributed by atoms with Gasteiger partial charge in [0.2, 0.25) is 0 Å². The van der Waals surface area contributed by atoms with Crippen LogP contribution in [0.5, 0.6) is 5.75 Å². The van der Waals surface area contributed by atoms with Crippen molar-refractivity contribution in [3.8, 4) is 5.75 Å². The molecule has 0 unspecified atom stereocenters. The minimum atomic E-state index is -0.0838. The Bertz CT molecular complexity index is 660. The molecule has 0 spiro atoms. The summed E-state index contributed by atoms with van der Waals surface area (Å²) in [5.41, 5.74) is 1.50. The van der Waals surface area contributed by atoms with E-state index in [9.17, 15) is 4.79 Å². The Morgan fingerprint density at radius 2 is 2.05 bits per heavy atom. The summed E-state index contributed by atoms with van der Waals surface area (Å²) < 4.78 is 6.27. The average Bonchev–Trinajstić information content (AvgIpc) is 2.46. The smallest absolute Gasteiger partial charge is 0.253 e. The molecule has 0 radical (unpaired) electrons. The highest BCUT2D eigenvalue weighted by Crippen LogP contribution is 2.24. The van der Waals surface area contributed by atoms with Crippen LogP contribution in [0, 0.1) is 0 Å². The van der Waals surface area contributed by atoms with E-state index in [0.29, 0.717) is 17.1 Å². The molecular weight excluding hydrogens is 354 g/mol. The molecule has 0 atom stereocenters. The van der Waals surface area contributed by atoms with Crippen LogP contribution in [0.25, 0.3) is 0 Å². The highest BCUT2D eigenvalue weighted by Gasteiger charge is 2.14. The molecule has 0 aliphatic heterocycles. The molecule has 110 valence electrons. The summed E-state index contributed by atoms with van der Waals surface area (Å²) in [6.45, 7) is 0.452. The molecule has 2 aromatic carbocycles. The third-order valence-corrected chi connectivity index (χ3v) is 3.80. The van der Waals surface area contributed by atoms with Crippen LogP contribution in [0.2, 0.25) is 5.02 Å². The molecule has 0 saturated heterocycles. The van der Waals surface area contributed by atoms with Crippen LogP contribution in [0.15, 0.2) is 46.9 Å². The van der Waals surface area contributed by atoms with Crippen LogP contribution < -0.4 is 4.74 Å². The van der Waals surface area contributed by atoms with Crippen LogP contribution in [0.1, 0.15) is 15.9 Å². The van der Waals surface area contributed by atoms with Gasteiger partial charge in [0.25, 0.3) is 5.91 Å². The zero-order valence-corrected chi connectivity index (χ0v) is 14.1. The molecule has 0 saturated carbocycles. The molecule has 3 nitrogen and oxygen atoms in total. The Morgan fingerprint density at radius 1 is 1.29 bits per heavy atom. The standard InChI is InChI=1S/C16H15BrClNO2/c1-19(16(20)11-4-3-5-14(18)9-11)10-12-8-13(17)6-7-15(12)21-2/h3-9H,10H2,1-2H3. The fourth-order valence-corrected chi connectivity index (χ4v) is 2.64. The van der Waals surface area contributed by atoms with Crippen molar-refractivity contribution in [1.29, 1.82) is 0 Å². The molecule has 1 amide bonds. The second-order valence-electron chi connectivity index (χ2n) is 4.63. The van der Waals surface area contributed by atoms with Gasteiger partial charge >= 0.3 is 0 Å². The minimum Gasteiger partial charge on any atom is -0.496 e. The zero-order valence-electron chi connectivity index (χ0n) is 11.8. The van der Waals surface area contributed by atoms with Crippen LogP contribution >= 0.6 is 27.5 Å². The maximum atomic E-state index is 12.4. The molecule has 0 aliphatic rings. The summed E-state index contributed by atoms with van der Waals surface area (Å²) in [6, 6.07) is 12.7. The normalized spacial score (nSPS) is 10.3. The van der Waals surface area contributed by atoms with Crippen molar-refractivity contribution in [1.82, 2.24) is 4.90 Å². The SMILES string of the molecule is COc1ccc(Br)cc1CN(C)C(=O)c1cccc(Cl)c1. The number of carbonyl (C=O) groups excluding carboxylic acids is 1. The minimum absolute atomic E-state index is 0.0838. The van der Waals surface area contributed by atoms with Crippen LogP contribution in [0.4, 0.5) is 0 Å². The lowest BCUT2D eigenvalue weighted by Gasteiger charge is -2.19. The molecule has 2 aromatic rings. The van der Waals surface area contributed by atoms with Crippen molar-refractivity contribution in [2.45, 2.75) is 6.54 Å². The van der Waals surface area contributed by atoms with Gasteiger partial charge < -0.3 is 9.64 Å². The molecule has 21 heavy (non-hydrogen) atoms. The quantitative estimate of drug-likeness (QED) is 0.801. The predicted molar refractivity (Wildman–Crippen MR) is 87.9 cm³/mol. The maximum Gasteiger partial charge on any atom is 0.253 e. The number of amides is 1. The van der Waals surface area contributed by atoms with Crippen molar-refractivity contribution >= 4 is 33.4 Å². The first-order chi connectivity index (χ1) is 10.0. The molecule has 5 heteroatoms. The van der Waals surface area contributed by atoms with E-state index in [4.69, 9.17) is 16.3 Å². The first-order valence-electron chi connectivity index (χ1n) is 6.34. The second kappa shape index (κ2) is 6.96. The lowest BCUT2D eigenvalue weighted by Crippen LogP contribution is -2.26. The average molecular weight is 369 g/mol. The fraction of sp³-hybridized carbons (Fsp3) is 0.188. The van der Waals surface area contributed by atoms with Crippen molar-refractivity contribution in [3.05, 3.63) is 63.1 Å². The Hall–Kier alpha value is -1.52. The maximum absolute atomic E-state index is 12.4. The van der Waals surface area contributed by atoms with Gasteiger partial charge in [-0.3, -0.25) is 4.79 Å². The number of hydrogen-bond donors (Lipinski definition) is 0. The fourth-order valence-electron chi connectivity index (χ4n) is 2.04. The summed E-state index contributed by atoms with van der Waals surface area (Å²) in [4.78, 5) is 14.0. The number of carbonyl (C=O) groups is 1. The van der Waals surface area contributed by atoms with Crippen LogP contribution in [0.3, 0.4) is 0 Å². The van der Waals surface area contributed by atoms with Gasteiger partial charge in [0.15, 0.2) is 0 Å². The molecule has 0 fully saturated rings.